The number of halogens is 1. The lowest BCUT2D eigenvalue weighted by Crippen LogP contribution is -2.58. The highest BCUT2D eigenvalue weighted by Gasteiger charge is 2.37. The lowest BCUT2D eigenvalue weighted by atomic mass is 9.97. The lowest BCUT2D eigenvalue weighted by Gasteiger charge is -2.45. The van der Waals surface area contributed by atoms with Crippen LogP contribution in [0, 0.1) is 0 Å². The van der Waals surface area contributed by atoms with Crippen LogP contribution in [0.4, 0.5) is 5.69 Å². The first kappa shape index (κ1) is 12.9. The molecule has 2 heterocycles. The van der Waals surface area contributed by atoms with Crippen LogP contribution >= 0.6 is 23.8 Å². The summed E-state index contributed by atoms with van der Waals surface area (Å²) in [6.45, 7) is 0.959. The summed E-state index contributed by atoms with van der Waals surface area (Å²) in [4.78, 5) is 16.2. The van der Waals surface area contributed by atoms with Gasteiger partial charge in [-0.25, -0.2) is 0 Å². The number of hydrogen-bond donors (Lipinski definition) is 0. The molecule has 5 heteroatoms. The molecule has 0 spiro atoms. The predicted octanol–water partition coefficient (Wildman–Crippen LogP) is 3.22. The Morgan fingerprint density at radius 2 is 1.95 bits per heavy atom. The van der Waals surface area contributed by atoms with Crippen molar-refractivity contribution in [3.63, 3.8) is 0 Å². The molecule has 100 valence electrons. The van der Waals surface area contributed by atoms with Crippen molar-refractivity contribution < 1.29 is 4.79 Å². The second-order valence-electron chi connectivity index (χ2n) is 5.04. The summed E-state index contributed by atoms with van der Waals surface area (Å²) in [7, 11) is 0. The van der Waals surface area contributed by atoms with Gasteiger partial charge >= 0.3 is 0 Å². The number of nitrogens with zero attached hydrogens (tertiary/aromatic N) is 2. The number of rotatable bonds is 1. The maximum atomic E-state index is 12.3. The zero-order valence-corrected chi connectivity index (χ0v) is 12.1. The van der Waals surface area contributed by atoms with Crippen molar-refractivity contribution in [3.8, 4) is 0 Å². The topological polar surface area (TPSA) is 23.6 Å². The molecule has 1 aromatic rings. The summed E-state index contributed by atoms with van der Waals surface area (Å²) in [5.41, 5.74) is 0.809. The van der Waals surface area contributed by atoms with Gasteiger partial charge in [-0.05, 0) is 55.7 Å². The minimum Gasteiger partial charge on any atom is -0.345 e. The Balaban J connectivity index is 1.90. The maximum absolute atomic E-state index is 12.3. The molecular weight excluding hydrogens is 280 g/mol. The Morgan fingerprint density at radius 1 is 1.21 bits per heavy atom. The Hall–Kier alpha value is -1.13. The first-order valence-corrected chi connectivity index (χ1v) is 7.34. The van der Waals surface area contributed by atoms with Crippen LogP contribution in [0.1, 0.15) is 25.7 Å². The van der Waals surface area contributed by atoms with Crippen molar-refractivity contribution in [2.45, 2.75) is 31.7 Å². The van der Waals surface area contributed by atoms with Gasteiger partial charge in [0.25, 0.3) is 0 Å². The fourth-order valence-corrected chi connectivity index (χ4v) is 3.41. The maximum Gasteiger partial charge on any atom is 0.235 e. The fourth-order valence-electron chi connectivity index (χ4n) is 2.84. The first-order valence-electron chi connectivity index (χ1n) is 6.56. The van der Waals surface area contributed by atoms with Crippen molar-refractivity contribution in [2.75, 3.05) is 11.4 Å². The number of benzene rings is 1. The molecule has 2 aliphatic heterocycles. The van der Waals surface area contributed by atoms with Crippen LogP contribution in [0.2, 0.25) is 5.02 Å². The molecule has 0 N–H and O–H groups in total. The molecular formula is C14H15ClN2OS. The SMILES string of the molecule is O=C1CC2CCCCN2C(=S)N1c1ccc(Cl)cc1. The van der Waals surface area contributed by atoms with E-state index in [0.29, 0.717) is 22.6 Å². The molecule has 1 aromatic carbocycles. The summed E-state index contributed by atoms with van der Waals surface area (Å²) in [5, 5.41) is 1.30. The highest BCUT2D eigenvalue weighted by molar-refractivity contribution is 7.80. The van der Waals surface area contributed by atoms with E-state index >= 15 is 0 Å². The van der Waals surface area contributed by atoms with Crippen LogP contribution in [-0.4, -0.2) is 28.5 Å². The third kappa shape index (κ3) is 2.35. The molecule has 0 aliphatic carbocycles. The van der Waals surface area contributed by atoms with Gasteiger partial charge in [-0.2, -0.15) is 0 Å². The van der Waals surface area contributed by atoms with Crippen molar-refractivity contribution in [1.82, 2.24) is 4.90 Å². The Morgan fingerprint density at radius 3 is 2.68 bits per heavy atom. The molecule has 2 aliphatic rings. The van der Waals surface area contributed by atoms with Crippen LogP contribution in [0.25, 0.3) is 0 Å². The second kappa shape index (κ2) is 5.10. The van der Waals surface area contributed by atoms with Crippen LogP contribution < -0.4 is 4.90 Å². The second-order valence-corrected chi connectivity index (χ2v) is 5.84. The third-order valence-corrected chi connectivity index (χ3v) is 4.48. The zero-order valence-electron chi connectivity index (χ0n) is 10.5. The van der Waals surface area contributed by atoms with Crippen molar-refractivity contribution in [2.24, 2.45) is 0 Å². The summed E-state index contributed by atoms with van der Waals surface area (Å²) in [6, 6.07) is 7.56. The summed E-state index contributed by atoms with van der Waals surface area (Å²) in [6.07, 6.45) is 3.97. The number of thiocarbonyl (C=S) groups is 1. The van der Waals surface area contributed by atoms with E-state index < -0.39 is 0 Å². The van der Waals surface area contributed by atoms with Gasteiger partial charge in [0.05, 0.1) is 5.69 Å². The van der Waals surface area contributed by atoms with Crippen molar-refractivity contribution >= 4 is 40.5 Å². The molecule has 2 fully saturated rings. The van der Waals surface area contributed by atoms with Crippen LogP contribution in [0.3, 0.4) is 0 Å². The minimum atomic E-state index is 0.0930. The van der Waals surface area contributed by atoms with E-state index in [1.807, 2.05) is 12.1 Å². The van der Waals surface area contributed by atoms with Gasteiger partial charge in [0.2, 0.25) is 5.91 Å². The number of amides is 1. The van der Waals surface area contributed by atoms with E-state index in [1.54, 1.807) is 17.0 Å². The summed E-state index contributed by atoms with van der Waals surface area (Å²) in [5.74, 6) is 0.0930. The number of carbonyl (C=O) groups excluding carboxylic acids is 1. The average Bonchev–Trinajstić information content (AvgIpc) is 2.41. The van der Waals surface area contributed by atoms with Crippen LogP contribution in [0.15, 0.2) is 24.3 Å². The molecule has 1 atom stereocenters. The van der Waals surface area contributed by atoms with Gasteiger partial charge in [0.1, 0.15) is 0 Å². The largest absolute Gasteiger partial charge is 0.345 e. The van der Waals surface area contributed by atoms with Gasteiger partial charge < -0.3 is 4.90 Å². The highest BCUT2D eigenvalue weighted by atomic mass is 35.5. The molecule has 0 aromatic heterocycles. The van der Waals surface area contributed by atoms with E-state index in [9.17, 15) is 4.79 Å². The number of hydrogen-bond acceptors (Lipinski definition) is 2. The lowest BCUT2D eigenvalue weighted by molar-refractivity contribution is -0.120. The fraction of sp³-hybridized carbons (Fsp3) is 0.429. The molecule has 1 unspecified atom stereocenters. The molecule has 3 nitrogen and oxygen atoms in total. The van der Waals surface area contributed by atoms with Crippen molar-refractivity contribution in [3.05, 3.63) is 29.3 Å². The molecule has 19 heavy (non-hydrogen) atoms. The number of piperidine rings is 1. The van der Waals surface area contributed by atoms with E-state index in [2.05, 4.69) is 4.90 Å². The Labute approximate surface area is 123 Å². The monoisotopic (exact) mass is 294 g/mol. The number of carbonyl (C=O) groups is 1. The molecule has 0 bridgehead atoms. The van der Waals surface area contributed by atoms with E-state index in [-0.39, 0.29) is 5.91 Å². The quantitative estimate of drug-likeness (QED) is 0.743. The van der Waals surface area contributed by atoms with Crippen molar-refractivity contribution in [1.29, 1.82) is 0 Å². The predicted molar refractivity (Wildman–Crippen MR) is 80.5 cm³/mol. The zero-order chi connectivity index (χ0) is 13.4. The average molecular weight is 295 g/mol. The van der Waals surface area contributed by atoms with E-state index in [1.165, 1.54) is 6.42 Å². The Kier molecular flexibility index (Phi) is 3.46. The standard InChI is InChI=1S/C14H15ClN2OS/c15-10-4-6-11(7-5-10)17-13(18)9-12-3-1-2-8-16(12)14(17)19/h4-7,12H,1-3,8-9H2. The van der Waals surface area contributed by atoms with Gasteiger partial charge in [-0.15, -0.1) is 0 Å². The Bertz CT molecular complexity index is 517. The summed E-state index contributed by atoms with van der Waals surface area (Å²) < 4.78 is 0. The number of fused-ring (bicyclic) bond motifs is 1. The van der Waals surface area contributed by atoms with Gasteiger partial charge in [-0.3, -0.25) is 9.69 Å². The van der Waals surface area contributed by atoms with E-state index in [4.69, 9.17) is 23.8 Å². The van der Waals surface area contributed by atoms with Crippen LogP contribution in [0.5, 0.6) is 0 Å². The highest BCUT2D eigenvalue weighted by Crippen LogP contribution is 2.30. The minimum absolute atomic E-state index is 0.0930. The molecule has 3 rings (SSSR count). The third-order valence-electron chi connectivity index (χ3n) is 3.81. The van der Waals surface area contributed by atoms with Crippen LogP contribution in [-0.2, 0) is 4.79 Å². The number of anilines is 1. The molecule has 2 saturated heterocycles. The van der Waals surface area contributed by atoms with Gasteiger partial charge in [0, 0.05) is 24.0 Å². The smallest absolute Gasteiger partial charge is 0.235 e. The summed E-state index contributed by atoms with van der Waals surface area (Å²) >= 11 is 11.4. The first-order chi connectivity index (χ1) is 9.16. The molecule has 1 amide bonds. The van der Waals surface area contributed by atoms with Gasteiger partial charge in [-0.1, -0.05) is 11.6 Å². The van der Waals surface area contributed by atoms with Gasteiger partial charge in [0.15, 0.2) is 5.11 Å². The molecule has 0 radical (unpaired) electrons. The normalized spacial score (nSPS) is 23.5. The van der Waals surface area contributed by atoms with E-state index in [0.717, 1.165) is 25.1 Å². The molecule has 0 saturated carbocycles.